The molecule has 0 nitrogen and oxygen atoms in total. The van der Waals surface area contributed by atoms with Crippen LogP contribution in [0.4, 0.5) is 0 Å². The average Bonchev–Trinajstić information content (AvgIpc) is 2.19. The first-order valence-corrected chi connectivity index (χ1v) is 3.19. The summed E-state index contributed by atoms with van der Waals surface area (Å²) in [6, 6.07) is 0. The summed E-state index contributed by atoms with van der Waals surface area (Å²) in [6.45, 7) is 2.20. The summed E-state index contributed by atoms with van der Waals surface area (Å²) in [7, 11) is 0. The molecule has 0 aliphatic heterocycles. The van der Waals surface area contributed by atoms with E-state index in [0.29, 0.717) is 0 Å². The van der Waals surface area contributed by atoms with Gasteiger partial charge in [0.15, 0.2) is 0 Å². The molecule has 0 saturated heterocycles. The van der Waals surface area contributed by atoms with Gasteiger partial charge in [0, 0.05) is 0 Å². The van der Waals surface area contributed by atoms with Crippen LogP contribution in [-0.4, -0.2) is 0 Å². The predicted octanol–water partition coefficient (Wildman–Crippen LogP) is 2.47. The SMILES string of the molecule is CCCC1=[C-]CC=C1.[Ru+]. The van der Waals surface area contributed by atoms with E-state index in [0.717, 1.165) is 6.42 Å². The van der Waals surface area contributed by atoms with Gasteiger partial charge >= 0.3 is 19.5 Å². The number of allylic oxidation sites excluding steroid dienone is 4. The first kappa shape index (κ1) is 9.10. The Labute approximate surface area is 69.8 Å². The molecule has 0 N–H and O–H groups in total. The molecular weight excluding hydrogens is 197 g/mol. The van der Waals surface area contributed by atoms with Gasteiger partial charge in [0.05, 0.1) is 0 Å². The van der Waals surface area contributed by atoms with Gasteiger partial charge in [-0.1, -0.05) is 19.8 Å². The van der Waals surface area contributed by atoms with Crippen LogP contribution in [0.2, 0.25) is 0 Å². The molecule has 9 heavy (non-hydrogen) atoms. The van der Waals surface area contributed by atoms with Crippen LogP contribution in [0.25, 0.3) is 0 Å². The van der Waals surface area contributed by atoms with Crippen LogP contribution in [0.5, 0.6) is 0 Å². The molecule has 0 aromatic heterocycles. The molecule has 1 radical (unpaired) electrons. The van der Waals surface area contributed by atoms with Gasteiger partial charge in [-0.05, 0) is 0 Å². The van der Waals surface area contributed by atoms with Crippen molar-refractivity contribution in [3.05, 3.63) is 23.8 Å². The fraction of sp³-hybridized carbons (Fsp3) is 0.500. The Balaban J connectivity index is 0.000000640. The minimum absolute atomic E-state index is 0. The first-order valence-electron chi connectivity index (χ1n) is 3.19. The molecular formula is C8H11Ru. The molecule has 0 atom stereocenters. The molecule has 1 rings (SSSR count). The Morgan fingerprint density at radius 3 is 2.89 bits per heavy atom. The monoisotopic (exact) mass is 209 g/mol. The summed E-state index contributed by atoms with van der Waals surface area (Å²) in [5, 5.41) is 0. The zero-order valence-electron chi connectivity index (χ0n) is 5.63. The van der Waals surface area contributed by atoms with Gasteiger partial charge in [0.1, 0.15) is 0 Å². The summed E-state index contributed by atoms with van der Waals surface area (Å²) >= 11 is 0. The van der Waals surface area contributed by atoms with Crippen molar-refractivity contribution in [2.45, 2.75) is 26.2 Å². The molecule has 0 unspecified atom stereocenters. The van der Waals surface area contributed by atoms with Gasteiger partial charge in [0.25, 0.3) is 0 Å². The summed E-state index contributed by atoms with van der Waals surface area (Å²) in [6.07, 6.45) is 11.1. The van der Waals surface area contributed by atoms with Crippen LogP contribution in [0, 0.1) is 6.08 Å². The third-order valence-electron chi connectivity index (χ3n) is 1.29. The predicted molar refractivity (Wildman–Crippen MR) is 35.4 cm³/mol. The molecule has 0 bridgehead atoms. The Morgan fingerprint density at radius 1 is 1.67 bits per heavy atom. The van der Waals surface area contributed by atoms with Crippen molar-refractivity contribution in [3.8, 4) is 0 Å². The van der Waals surface area contributed by atoms with Crippen molar-refractivity contribution >= 4 is 0 Å². The second kappa shape index (κ2) is 4.93. The van der Waals surface area contributed by atoms with E-state index in [-0.39, 0.29) is 19.5 Å². The first-order chi connectivity index (χ1) is 3.93. The van der Waals surface area contributed by atoms with Crippen LogP contribution >= 0.6 is 0 Å². The molecule has 51 valence electrons. The van der Waals surface area contributed by atoms with Crippen LogP contribution in [0.3, 0.4) is 0 Å². The standard InChI is InChI=1S/C8H11.Ru/c1-2-5-8-6-3-4-7-8;/h3,6H,2,4-5H2,1H3;/q-1;+1. The smallest absolute Gasteiger partial charge is 0.269 e. The third-order valence-corrected chi connectivity index (χ3v) is 1.29. The van der Waals surface area contributed by atoms with E-state index in [1.807, 2.05) is 0 Å². The number of hydrogen-bond donors (Lipinski definition) is 0. The second-order valence-corrected chi connectivity index (χ2v) is 2.06. The molecule has 0 amide bonds. The van der Waals surface area contributed by atoms with Crippen LogP contribution in [-0.2, 0) is 19.5 Å². The largest absolute Gasteiger partial charge is 1.00 e. The second-order valence-electron chi connectivity index (χ2n) is 2.06. The topological polar surface area (TPSA) is 0 Å². The minimum Gasteiger partial charge on any atom is -0.269 e. The average molecular weight is 208 g/mol. The van der Waals surface area contributed by atoms with E-state index in [1.54, 1.807) is 0 Å². The molecule has 1 aliphatic rings. The van der Waals surface area contributed by atoms with Crippen LogP contribution in [0.1, 0.15) is 26.2 Å². The van der Waals surface area contributed by atoms with Crippen molar-refractivity contribution in [2.24, 2.45) is 0 Å². The number of rotatable bonds is 2. The van der Waals surface area contributed by atoms with Crippen molar-refractivity contribution in [1.29, 1.82) is 0 Å². The van der Waals surface area contributed by atoms with Gasteiger partial charge in [-0.3, -0.25) is 6.08 Å². The molecule has 0 heterocycles. The Morgan fingerprint density at radius 2 is 2.44 bits per heavy atom. The summed E-state index contributed by atoms with van der Waals surface area (Å²) in [5.41, 5.74) is 1.40. The molecule has 0 spiro atoms. The third kappa shape index (κ3) is 2.96. The fourth-order valence-electron chi connectivity index (χ4n) is 0.891. The van der Waals surface area contributed by atoms with Gasteiger partial charge in [-0.25, -0.2) is 11.6 Å². The maximum absolute atomic E-state index is 3.26. The zero-order chi connectivity index (χ0) is 5.82. The van der Waals surface area contributed by atoms with Crippen LogP contribution in [0.15, 0.2) is 17.7 Å². The number of hydrogen-bond acceptors (Lipinski definition) is 0. The summed E-state index contributed by atoms with van der Waals surface area (Å²) < 4.78 is 0. The van der Waals surface area contributed by atoms with Gasteiger partial charge < -0.3 is 0 Å². The van der Waals surface area contributed by atoms with Gasteiger partial charge in [0.2, 0.25) is 0 Å². The minimum atomic E-state index is 0. The van der Waals surface area contributed by atoms with E-state index in [2.05, 4.69) is 25.2 Å². The van der Waals surface area contributed by atoms with E-state index in [9.17, 15) is 0 Å². The maximum Gasteiger partial charge on any atom is 1.00 e. The Hall–Kier alpha value is 0.103. The van der Waals surface area contributed by atoms with E-state index in [4.69, 9.17) is 0 Å². The van der Waals surface area contributed by atoms with Gasteiger partial charge in [-0.2, -0.15) is 6.08 Å². The molecule has 0 saturated carbocycles. The molecule has 1 aliphatic carbocycles. The summed E-state index contributed by atoms with van der Waals surface area (Å²) in [4.78, 5) is 0. The Bertz CT molecular complexity index is 123. The quantitative estimate of drug-likeness (QED) is 0.483. The van der Waals surface area contributed by atoms with Crippen molar-refractivity contribution in [2.75, 3.05) is 0 Å². The van der Waals surface area contributed by atoms with E-state index in [1.165, 1.54) is 18.4 Å². The summed E-state index contributed by atoms with van der Waals surface area (Å²) in [5.74, 6) is 0. The zero-order valence-corrected chi connectivity index (χ0v) is 7.37. The molecule has 0 aromatic carbocycles. The molecule has 0 fully saturated rings. The maximum atomic E-state index is 3.26. The van der Waals surface area contributed by atoms with Crippen molar-refractivity contribution in [3.63, 3.8) is 0 Å². The van der Waals surface area contributed by atoms with Crippen LogP contribution < -0.4 is 0 Å². The van der Waals surface area contributed by atoms with Crippen molar-refractivity contribution in [1.82, 2.24) is 0 Å². The molecule has 1 heteroatoms. The van der Waals surface area contributed by atoms with Gasteiger partial charge in [-0.15, -0.1) is 6.42 Å². The fourth-order valence-corrected chi connectivity index (χ4v) is 0.891. The normalized spacial score (nSPS) is 15.0. The Kier molecular flexibility index (Phi) is 4.99. The van der Waals surface area contributed by atoms with E-state index >= 15 is 0 Å². The van der Waals surface area contributed by atoms with Crippen molar-refractivity contribution < 1.29 is 19.5 Å². The molecule has 0 aromatic rings. The van der Waals surface area contributed by atoms with E-state index < -0.39 is 0 Å².